The van der Waals surface area contributed by atoms with Crippen molar-refractivity contribution in [3.8, 4) is 33.4 Å². The van der Waals surface area contributed by atoms with Crippen molar-refractivity contribution < 1.29 is 0 Å². The van der Waals surface area contributed by atoms with Crippen LogP contribution in [-0.2, 0) is 0 Å². The van der Waals surface area contributed by atoms with E-state index in [4.69, 9.17) is 0 Å². The van der Waals surface area contributed by atoms with Crippen molar-refractivity contribution in [1.82, 2.24) is 4.98 Å². The number of benzene rings is 3. The second-order valence-electron chi connectivity index (χ2n) is 5.63. The number of aromatic nitrogens is 1. The van der Waals surface area contributed by atoms with Gasteiger partial charge in [0.15, 0.2) is 0 Å². The van der Waals surface area contributed by atoms with Crippen molar-refractivity contribution in [3.63, 3.8) is 0 Å². The molecule has 4 rings (SSSR count). The minimum Gasteiger partial charge on any atom is -0.263 e. The molecular formula is C23H16N. The molecule has 0 aliphatic carbocycles. The Kier molecular flexibility index (Phi) is 3.91. The molecular weight excluding hydrogens is 290 g/mol. The average Bonchev–Trinajstić information content (AvgIpc) is 2.69. The molecule has 0 atom stereocenters. The maximum absolute atomic E-state index is 4.51. The summed E-state index contributed by atoms with van der Waals surface area (Å²) in [5.41, 5.74) is 6.95. The fourth-order valence-electron chi connectivity index (χ4n) is 2.99. The van der Waals surface area contributed by atoms with Crippen LogP contribution in [0.1, 0.15) is 0 Å². The van der Waals surface area contributed by atoms with E-state index in [-0.39, 0.29) is 0 Å². The first-order valence-electron chi connectivity index (χ1n) is 7.99. The average molecular weight is 306 g/mol. The molecule has 0 aliphatic rings. The van der Waals surface area contributed by atoms with Crippen LogP contribution in [0.2, 0.25) is 0 Å². The lowest BCUT2D eigenvalue weighted by atomic mass is 9.90. The number of rotatable bonds is 3. The topological polar surface area (TPSA) is 12.9 Å². The third kappa shape index (κ3) is 2.72. The lowest BCUT2D eigenvalue weighted by molar-refractivity contribution is 1.33. The highest BCUT2D eigenvalue weighted by atomic mass is 14.6. The van der Waals surface area contributed by atoms with Gasteiger partial charge >= 0.3 is 0 Å². The molecule has 0 saturated heterocycles. The van der Waals surface area contributed by atoms with Crippen molar-refractivity contribution in [2.24, 2.45) is 0 Å². The first kappa shape index (κ1) is 14.4. The van der Waals surface area contributed by atoms with Crippen LogP contribution in [0.15, 0.2) is 97.3 Å². The molecule has 1 nitrogen and oxygen atoms in total. The smallest absolute Gasteiger partial charge is 0.0353 e. The lowest BCUT2D eigenvalue weighted by Gasteiger charge is -2.15. The van der Waals surface area contributed by atoms with E-state index in [0.29, 0.717) is 0 Å². The number of pyridine rings is 1. The van der Waals surface area contributed by atoms with Gasteiger partial charge in [0, 0.05) is 29.1 Å². The summed E-state index contributed by atoms with van der Waals surface area (Å²) in [5, 5.41) is 0. The highest BCUT2D eigenvalue weighted by molar-refractivity contribution is 5.93. The Hall–Kier alpha value is -3.19. The zero-order valence-corrected chi connectivity index (χ0v) is 13.2. The summed E-state index contributed by atoms with van der Waals surface area (Å²) < 4.78 is 0. The summed E-state index contributed by atoms with van der Waals surface area (Å²) in [6, 6.07) is 32.1. The number of hydrogen-bond acceptors (Lipinski definition) is 1. The molecule has 0 bridgehead atoms. The monoisotopic (exact) mass is 306 g/mol. The van der Waals surface area contributed by atoms with Crippen LogP contribution in [0.25, 0.3) is 33.4 Å². The molecule has 3 aromatic carbocycles. The van der Waals surface area contributed by atoms with Gasteiger partial charge in [0.05, 0.1) is 0 Å². The summed E-state index contributed by atoms with van der Waals surface area (Å²) in [7, 11) is 0. The molecule has 1 heterocycles. The molecule has 4 aromatic rings. The summed E-state index contributed by atoms with van der Waals surface area (Å²) in [4.78, 5) is 4.51. The van der Waals surface area contributed by atoms with Crippen molar-refractivity contribution in [1.29, 1.82) is 0 Å². The Bertz CT molecular complexity index is 872. The molecule has 113 valence electrons. The van der Waals surface area contributed by atoms with Gasteiger partial charge in [-0.3, -0.25) is 4.98 Å². The van der Waals surface area contributed by atoms with E-state index in [2.05, 4.69) is 65.6 Å². The highest BCUT2D eigenvalue weighted by Gasteiger charge is 2.14. The van der Waals surface area contributed by atoms with Crippen molar-refractivity contribution >= 4 is 0 Å². The van der Waals surface area contributed by atoms with Crippen LogP contribution in [0.3, 0.4) is 0 Å². The van der Waals surface area contributed by atoms with Gasteiger partial charge in [-0.25, -0.2) is 0 Å². The van der Waals surface area contributed by atoms with Crippen molar-refractivity contribution in [3.05, 3.63) is 103 Å². The molecule has 0 spiro atoms. The summed E-state index contributed by atoms with van der Waals surface area (Å²) >= 11 is 0. The molecule has 1 aromatic heterocycles. The molecule has 0 unspecified atom stereocenters. The van der Waals surface area contributed by atoms with Crippen molar-refractivity contribution in [2.75, 3.05) is 0 Å². The van der Waals surface area contributed by atoms with Crippen LogP contribution in [0, 0.1) is 6.07 Å². The van der Waals surface area contributed by atoms with E-state index < -0.39 is 0 Å². The summed E-state index contributed by atoms with van der Waals surface area (Å²) in [6.07, 6.45) is 3.90. The molecule has 0 aliphatic heterocycles. The van der Waals surface area contributed by atoms with Gasteiger partial charge in [0.2, 0.25) is 0 Å². The normalized spacial score (nSPS) is 10.5. The zero-order chi connectivity index (χ0) is 16.2. The largest absolute Gasteiger partial charge is 0.263 e. The Morgan fingerprint density at radius 2 is 1.12 bits per heavy atom. The van der Waals surface area contributed by atoms with Crippen LogP contribution in [0.5, 0.6) is 0 Å². The molecule has 0 saturated carbocycles. The third-order valence-electron chi connectivity index (χ3n) is 4.11. The zero-order valence-electron chi connectivity index (χ0n) is 13.2. The van der Waals surface area contributed by atoms with E-state index >= 15 is 0 Å². The first-order valence-corrected chi connectivity index (χ1v) is 7.99. The second-order valence-corrected chi connectivity index (χ2v) is 5.63. The maximum atomic E-state index is 4.51. The van der Waals surface area contributed by atoms with E-state index in [1.165, 1.54) is 16.7 Å². The predicted octanol–water partition coefficient (Wildman–Crippen LogP) is 5.88. The van der Waals surface area contributed by atoms with Crippen LogP contribution in [-0.4, -0.2) is 4.98 Å². The lowest BCUT2D eigenvalue weighted by Crippen LogP contribution is -1.92. The van der Waals surface area contributed by atoms with Gasteiger partial charge in [-0.15, -0.1) is 0 Å². The molecule has 1 heteroatoms. The fraction of sp³-hybridized carbons (Fsp3) is 0. The highest BCUT2D eigenvalue weighted by Crippen LogP contribution is 2.38. The predicted molar refractivity (Wildman–Crippen MR) is 99.4 cm³/mol. The van der Waals surface area contributed by atoms with E-state index in [9.17, 15) is 0 Å². The molecule has 0 fully saturated rings. The Morgan fingerprint density at radius 3 is 1.62 bits per heavy atom. The summed E-state index contributed by atoms with van der Waals surface area (Å²) in [5.74, 6) is 0. The van der Waals surface area contributed by atoms with Gasteiger partial charge < -0.3 is 0 Å². The number of nitrogens with zero attached hydrogens (tertiary/aromatic N) is 1. The van der Waals surface area contributed by atoms with E-state index in [1.54, 1.807) is 0 Å². The van der Waals surface area contributed by atoms with E-state index in [1.807, 2.05) is 42.7 Å². The van der Waals surface area contributed by atoms with Crippen LogP contribution < -0.4 is 0 Å². The van der Waals surface area contributed by atoms with Crippen molar-refractivity contribution in [2.45, 2.75) is 0 Å². The first-order chi connectivity index (χ1) is 11.9. The standard InChI is InChI=1S/C23H16N/c1-4-10-18(11-5-1)21-16-24-17-22(19-12-6-2-7-13-19)23(21)20-14-8-3-9-15-20/h1-8,10-17H. The Balaban J connectivity index is 2.02. The maximum Gasteiger partial charge on any atom is 0.0353 e. The van der Waals surface area contributed by atoms with Crippen LogP contribution in [0.4, 0.5) is 0 Å². The van der Waals surface area contributed by atoms with Gasteiger partial charge in [-0.1, -0.05) is 78.9 Å². The molecule has 0 amide bonds. The fourth-order valence-corrected chi connectivity index (χ4v) is 2.99. The van der Waals surface area contributed by atoms with E-state index in [0.717, 1.165) is 16.7 Å². The third-order valence-corrected chi connectivity index (χ3v) is 4.11. The SMILES string of the molecule is [c]1cccc(-c2c(-c3ccccc3)cncc2-c2ccccc2)c1. The van der Waals surface area contributed by atoms with Gasteiger partial charge in [0.25, 0.3) is 0 Å². The van der Waals surface area contributed by atoms with Gasteiger partial charge in [-0.05, 0) is 28.8 Å². The number of hydrogen-bond donors (Lipinski definition) is 0. The van der Waals surface area contributed by atoms with Gasteiger partial charge in [-0.2, -0.15) is 0 Å². The quantitative estimate of drug-likeness (QED) is 0.460. The second kappa shape index (κ2) is 6.51. The minimum atomic E-state index is 1.14. The molecule has 0 N–H and O–H groups in total. The minimum absolute atomic E-state index is 1.14. The molecule has 24 heavy (non-hydrogen) atoms. The van der Waals surface area contributed by atoms with Crippen LogP contribution >= 0.6 is 0 Å². The summed E-state index contributed by atoms with van der Waals surface area (Å²) in [6.45, 7) is 0. The molecule has 1 radical (unpaired) electrons. The Morgan fingerprint density at radius 1 is 0.583 bits per heavy atom. The Labute approximate surface area is 142 Å². The van der Waals surface area contributed by atoms with Gasteiger partial charge in [0.1, 0.15) is 0 Å².